The molecule has 0 unspecified atom stereocenters. The minimum Gasteiger partial charge on any atom is -0.504 e. The number of anilines is 1. The average Bonchev–Trinajstić information content (AvgIpc) is 3.51. The van der Waals surface area contributed by atoms with Crippen LogP contribution in [0.4, 0.5) is 5.13 Å². The van der Waals surface area contributed by atoms with E-state index < -0.39 is 46.5 Å². The van der Waals surface area contributed by atoms with E-state index >= 15 is 0 Å². The van der Waals surface area contributed by atoms with Crippen LogP contribution >= 0.6 is 34.7 Å². The van der Waals surface area contributed by atoms with Crippen LogP contribution in [-0.2, 0) is 37.1 Å². The third kappa shape index (κ3) is 8.17. The number of hydrogen-bond donors (Lipinski definition) is 6. The molecular weight excluding hydrogens is 736 g/mol. The molecule has 18 heteroatoms. The van der Waals surface area contributed by atoms with E-state index in [0.717, 1.165) is 27.4 Å². The Labute approximate surface area is 311 Å². The number of allylic oxidation sites excluding steroid dienone is 1. The molecule has 52 heavy (non-hydrogen) atoms. The Kier molecular flexibility index (Phi) is 10.9. The number of carboxylic acids is 2. The molecule has 0 saturated carbocycles. The van der Waals surface area contributed by atoms with Gasteiger partial charge in [0.25, 0.3) is 11.8 Å². The highest BCUT2D eigenvalue weighted by molar-refractivity contribution is 8.00. The highest BCUT2D eigenvalue weighted by atomic mass is 35.5. The lowest BCUT2D eigenvalue weighted by Crippen LogP contribution is -2.71. The van der Waals surface area contributed by atoms with E-state index in [9.17, 15) is 39.6 Å². The van der Waals surface area contributed by atoms with Gasteiger partial charge >= 0.3 is 11.9 Å². The van der Waals surface area contributed by atoms with E-state index in [4.69, 9.17) is 22.2 Å². The molecule has 2 atom stereocenters. The number of carboxylic acid groups (broad SMARTS) is 2. The van der Waals surface area contributed by atoms with Crippen molar-refractivity contribution in [3.8, 4) is 11.5 Å². The van der Waals surface area contributed by atoms with Crippen LogP contribution in [0.3, 0.4) is 0 Å². The number of oxime groups is 1. The Hall–Kier alpha value is -5.10. The number of phenols is 2. The first-order valence-corrected chi connectivity index (χ1v) is 17.9. The van der Waals surface area contributed by atoms with E-state index in [1.165, 1.54) is 37.1 Å². The molecule has 0 spiro atoms. The van der Waals surface area contributed by atoms with Gasteiger partial charge in [-0.15, -0.1) is 23.1 Å². The zero-order chi connectivity index (χ0) is 38.1. The summed E-state index contributed by atoms with van der Waals surface area (Å²) < 4.78 is 0.502. The van der Waals surface area contributed by atoms with E-state index in [0.29, 0.717) is 28.7 Å². The maximum absolute atomic E-state index is 13.3. The molecule has 1 aromatic heterocycles. The first-order valence-electron chi connectivity index (χ1n) is 15.6. The standard InChI is InChI=1S/C34H35ClN6O9S2/c1-34(2,32(48)49)50-39-24(21-16-52-33(36)37-21)28(44)38-25-29(45)40-26(31(46)47)20(15-51-30(25)40)10-9-17-5-7-18(8-6-17)13-41(3,4)14-19-11-12-22(42)27(43)23(19)35/h5-12,16,25,30H,13-15H2,1-4H3,(H6-,36,37,38,39,42,43,44,46,47,48,49)/p+1/b10-9+/t25-,30-/m1/s1. The number of hydrogen-bond acceptors (Lipinski definition) is 12. The molecular formula is C34H36ClN6O9S2+. The second-order valence-electron chi connectivity index (χ2n) is 13.2. The van der Waals surface area contributed by atoms with Crippen molar-refractivity contribution >= 4 is 75.4 Å². The molecule has 5 rings (SSSR count). The number of nitrogens with two attached hydrogens (primary N) is 1. The Morgan fingerprint density at radius 2 is 1.83 bits per heavy atom. The van der Waals surface area contributed by atoms with Gasteiger partial charge in [0.1, 0.15) is 35.9 Å². The molecule has 2 aliphatic rings. The van der Waals surface area contributed by atoms with Crippen molar-refractivity contribution in [2.24, 2.45) is 5.16 Å². The van der Waals surface area contributed by atoms with Crippen molar-refractivity contribution in [3.63, 3.8) is 0 Å². The van der Waals surface area contributed by atoms with Gasteiger partial charge in [0, 0.05) is 22.3 Å². The molecule has 0 bridgehead atoms. The maximum Gasteiger partial charge on any atom is 0.352 e. The second-order valence-corrected chi connectivity index (χ2v) is 15.6. The molecule has 7 N–H and O–H groups in total. The van der Waals surface area contributed by atoms with Crippen LogP contribution in [0.5, 0.6) is 11.5 Å². The van der Waals surface area contributed by atoms with E-state index in [-0.39, 0.29) is 38.8 Å². The van der Waals surface area contributed by atoms with Crippen molar-refractivity contribution in [1.29, 1.82) is 0 Å². The van der Waals surface area contributed by atoms with Crippen molar-refractivity contribution in [2.75, 3.05) is 25.6 Å². The Morgan fingerprint density at radius 1 is 1.13 bits per heavy atom. The van der Waals surface area contributed by atoms with Gasteiger partial charge < -0.3 is 40.8 Å². The van der Waals surface area contributed by atoms with Gasteiger partial charge in [0.15, 0.2) is 22.3 Å². The van der Waals surface area contributed by atoms with Crippen molar-refractivity contribution in [2.45, 2.75) is 44.0 Å². The van der Waals surface area contributed by atoms with Crippen molar-refractivity contribution in [3.05, 3.63) is 86.5 Å². The summed E-state index contributed by atoms with van der Waals surface area (Å²) in [5.74, 6) is -4.56. The van der Waals surface area contributed by atoms with Gasteiger partial charge in [-0.25, -0.2) is 14.6 Å². The number of carbonyl (C=O) groups is 4. The summed E-state index contributed by atoms with van der Waals surface area (Å²) in [6.07, 6.45) is 3.41. The summed E-state index contributed by atoms with van der Waals surface area (Å²) in [5.41, 5.74) is 6.27. The zero-order valence-corrected chi connectivity index (χ0v) is 30.8. The molecule has 3 heterocycles. The van der Waals surface area contributed by atoms with Crippen LogP contribution in [0.15, 0.2) is 64.3 Å². The first-order chi connectivity index (χ1) is 24.4. The van der Waals surface area contributed by atoms with Crippen LogP contribution in [-0.4, -0.2) is 101 Å². The molecule has 0 radical (unpaired) electrons. The van der Waals surface area contributed by atoms with E-state index in [2.05, 4.69) is 15.5 Å². The van der Waals surface area contributed by atoms with Crippen LogP contribution in [0, 0.1) is 0 Å². The SMILES string of the molecule is CC(C)(O/N=C(\C(=O)N[C@@H]1C(=O)N2C(C(=O)O)=C(/C=C/c3ccc(C[N+](C)(C)Cc4ccc(O)c(O)c4Cl)cc3)CS[C@H]12)c1csc(N)n1)C(=O)O. The smallest absolute Gasteiger partial charge is 0.352 e. The summed E-state index contributed by atoms with van der Waals surface area (Å²) in [6, 6.07) is 9.66. The fraction of sp³-hybridized carbons (Fsp3) is 0.294. The van der Waals surface area contributed by atoms with Crippen molar-refractivity contribution < 1.29 is 48.9 Å². The normalized spacial score (nSPS) is 17.9. The topological polar surface area (TPSA) is 225 Å². The third-order valence-corrected chi connectivity index (χ3v) is 10.6. The molecule has 2 aromatic carbocycles. The van der Waals surface area contributed by atoms with Gasteiger partial charge in [0.05, 0.1) is 19.1 Å². The third-order valence-electron chi connectivity index (χ3n) is 8.19. The number of phenolic OH excluding ortho intramolecular Hbond substituents is 2. The fourth-order valence-electron chi connectivity index (χ4n) is 5.44. The van der Waals surface area contributed by atoms with Gasteiger partial charge in [-0.1, -0.05) is 53.2 Å². The molecule has 3 aromatic rings. The number of thioether (sulfide) groups is 1. The predicted molar refractivity (Wildman–Crippen MR) is 195 cm³/mol. The van der Waals surface area contributed by atoms with Crippen LogP contribution < -0.4 is 11.1 Å². The molecule has 2 aliphatic heterocycles. The number of fused-ring (bicyclic) bond motifs is 1. The number of rotatable bonds is 13. The summed E-state index contributed by atoms with van der Waals surface area (Å²) in [5, 5.41) is 46.4. The zero-order valence-electron chi connectivity index (χ0n) is 28.4. The molecule has 0 aliphatic carbocycles. The fourth-order valence-corrected chi connectivity index (χ4v) is 7.53. The van der Waals surface area contributed by atoms with E-state index in [1.807, 2.05) is 38.4 Å². The lowest BCUT2D eigenvalue weighted by Gasteiger charge is -2.49. The number of quaternary nitrogens is 1. The number of nitrogen functional groups attached to an aromatic ring is 1. The highest BCUT2D eigenvalue weighted by Gasteiger charge is 2.54. The number of aromatic hydroxyl groups is 2. The van der Waals surface area contributed by atoms with Gasteiger partial charge in [-0.3, -0.25) is 14.5 Å². The Balaban J connectivity index is 1.27. The summed E-state index contributed by atoms with van der Waals surface area (Å²) in [6.45, 7) is 3.60. The molecule has 15 nitrogen and oxygen atoms in total. The lowest BCUT2D eigenvalue weighted by atomic mass is 10.0. The number of carbonyl (C=O) groups excluding carboxylic acids is 2. The number of nitrogens with one attached hydrogen (secondary N) is 1. The number of amides is 2. The first kappa shape index (κ1) is 38.1. The summed E-state index contributed by atoms with van der Waals surface area (Å²) in [7, 11) is 4.02. The number of aromatic nitrogens is 1. The minimum absolute atomic E-state index is 0.00983. The largest absolute Gasteiger partial charge is 0.504 e. The number of β-lactam (4-membered cyclic amide) rings is 1. The van der Waals surface area contributed by atoms with Gasteiger partial charge in [-0.05, 0) is 37.1 Å². The average molecular weight is 772 g/mol. The quantitative estimate of drug-likeness (QED) is 0.0482. The Bertz CT molecular complexity index is 2030. The maximum atomic E-state index is 13.3. The number of nitrogens with zero attached hydrogens (tertiary/aromatic N) is 4. The second kappa shape index (κ2) is 14.9. The number of aliphatic carboxylic acids is 2. The Morgan fingerprint density at radius 3 is 2.44 bits per heavy atom. The molecule has 1 saturated heterocycles. The van der Waals surface area contributed by atoms with Crippen LogP contribution in [0.2, 0.25) is 5.02 Å². The monoisotopic (exact) mass is 771 g/mol. The summed E-state index contributed by atoms with van der Waals surface area (Å²) in [4.78, 5) is 60.8. The van der Waals surface area contributed by atoms with Crippen molar-refractivity contribution in [1.82, 2.24) is 15.2 Å². The lowest BCUT2D eigenvalue weighted by molar-refractivity contribution is -0.916. The number of thiazole rings is 1. The molecule has 1 fully saturated rings. The molecule has 2 amide bonds. The highest BCUT2D eigenvalue weighted by Crippen LogP contribution is 2.41. The minimum atomic E-state index is -1.78. The van der Waals surface area contributed by atoms with Crippen LogP contribution in [0.25, 0.3) is 6.08 Å². The van der Waals surface area contributed by atoms with Crippen LogP contribution in [0.1, 0.15) is 36.2 Å². The molecule has 274 valence electrons. The van der Waals surface area contributed by atoms with Gasteiger partial charge in [-0.2, -0.15) is 0 Å². The summed E-state index contributed by atoms with van der Waals surface area (Å²) >= 11 is 8.53. The van der Waals surface area contributed by atoms with Gasteiger partial charge in [0.2, 0.25) is 5.60 Å². The number of halogens is 1. The van der Waals surface area contributed by atoms with E-state index in [1.54, 1.807) is 18.2 Å². The predicted octanol–water partition coefficient (Wildman–Crippen LogP) is 3.60. The number of benzene rings is 2.